The molecule has 2 aromatic carbocycles. The van der Waals surface area contributed by atoms with Crippen LogP contribution in [0.5, 0.6) is 0 Å². The normalized spacial score (nSPS) is 15.7. The number of piperidine rings is 1. The molecule has 34 heavy (non-hydrogen) atoms. The zero-order valence-electron chi connectivity index (χ0n) is 19.9. The highest BCUT2D eigenvalue weighted by molar-refractivity contribution is 5.87. The van der Waals surface area contributed by atoms with Crippen LogP contribution in [0.4, 0.5) is 10.1 Å². The van der Waals surface area contributed by atoms with Gasteiger partial charge in [-0.2, -0.15) is 5.26 Å². The van der Waals surface area contributed by atoms with E-state index >= 15 is 0 Å². The number of anilines is 1. The Morgan fingerprint density at radius 2 is 2.00 bits per heavy atom. The number of carbonyl (C=O) groups excluding carboxylic acids is 1. The zero-order valence-corrected chi connectivity index (χ0v) is 19.9. The Labute approximate surface area is 201 Å². The molecule has 0 aromatic heterocycles. The van der Waals surface area contributed by atoms with E-state index in [-0.39, 0.29) is 11.9 Å². The summed E-state index contributed by atoms with van der Waals surface area (Å²) in [4.78, 5) is 16.1. The first-order chi connectivity index (χ1) is 16.4. The summed E-state index contributed by atoms with van der Waals surface area (Å²) in [6.07, 6.45) is 5.97. The van der Waals surface area contributed by atoms with E-state index in [4.69, 9.17) is 5.73 Å². The molecule has 0 aliphatic carbocycles. The standard InChI is InChI=1S/C27H33FN4O2/c1-20(11-14-29)31-15-12-25(13-16-31)32(19-23-17-22(18-30)5-9-26(23)28)24-7-3-21(4-8-24)6-10-27(33)34-2/h3-10,17,20,25H,11-16,19,29H2,1-2H3/b10-6+. The molecule has 1 atom stereocenters. The van der Waals surface area contributed by atoms with E-state index in [1.54, 1.807) is 12.1 Å². The number of benzene rings is 2. The van der Waals surface area contributed by atoms with Crippen molar-refractivity contribution in [3.05, 3.63) is 71.0 Å². The molecule has 2 aromatic rings. The highest BCUT2D eigenvalue weighted by Gasteiger charge is 2.27. The average molecular weight is 465 g/mol. The maximum atomic E-state index is 14.7. The number of nitrogens with two attached hydrogens (primary N) is 1. The lowest BCUT2D eigenvalue weighted by Crippen LogP contribution is -2.47. The van der Waals surface area contributed by atoms with E-state index in [9.17, 15) is 14.4 Å². The van der Waals surface area contributed by atoms with Crippen molar-refractivity contribution in [3.63, 3.8) is 0 Å². The van der Waals surface area contributed by atoms with Gasteiger partial charge in [-0.05, 0) is 74.7 Å². The van der Waals surface area contributed by atoms with Gasteiger partial charge < -0.3 is 20.3 Å². The van der Waals surface area contributed by atoms with Crippen molar-refractivity contribution in [1.82, 2.24) is 4.90 Å². The lowest BCUT2D eigenvalue weighted by atomic mass is 9.98. The van der Waals surface area contributed by atoms with Gasteiger partial charge in [-0.15, -0.1) is 0 Å². The first kappa shape index (κ1) is 25.4. The van der Waals surface area contributed by atoms with Gasteiger partial charge in [-0.3, -0.25) is 0 Å². The number of methoxy groups -OCH3 is 1. The molecule has 0 amide bonds. The molecule has 180 valence electrons. The van der Waals surface area contributed by atoms with Gasteiger partial charge in [0.25, 0.3) is 0 Å². The van der Waals surface area contributed by atoms with Crippen molar-refractivity contribution in [2.24, 2.45) is 5.73 Å². The lowest BCUT2D eigenvalue weighted by Gasteiger charge is -2.42. The van der Waals surface area contributed by atoms with E-state index < -0.39 is 5.97 Å². The molecule has 1 fully saturated rings. The first-order valence-corrected chi connectivity index (χ1v) is 11.7. The fraction of sp³-hybridized carbons (Fsp3) is 0.407. The molecule has 0 radical (unpaired) electrons. The fourth-order valence-electron chi connectivity index (χ4n) is 4.45. The molecule has 1 saturated heterocycles. The molecular weight excluding hydrogens is 431 g/mol. The van der Waals surface area contributed by atoms with Crippen molar-refractivity contribution in [2.75, 3.05) is 31.6 Å². The Hall–Kier alpha value is -3.21. The zero-order chi connectivity index (χ0) is 24.5. The summed E-state index contributed by atoms with van der Waals surface area (Å²) < 4.78 is 19.3. The third-order valence-electron chi connectivity index (χ3n) is 6.50. The van der Waals surface area contributed by atoms with Crippen LogP contribution in [0, 0.1) is 17.1 Å². The Morgan fingerprint density at radius 1 is 1.29 bits per heavy atom. The minimum atomic E-state index is -0.408. The molecule has 3 rings (SSSR count). The van der Waals surface area contributed by atoms with Crippen LogP contribution < -0.4 is 10.6 Å². The summed E-state index contributed by atoms with van der Waals surface area (Å²) in [7, 11) is 1.34. The monoisotopic (exact) mass is 464 g/mol. The van der Waals surface area contributed by atoms with E-state index in [1.165, 1.54) is 25.3 Å². The number of nitrogens with zero attached hydrogens (tertiary/aromatic N) is 3. The van der Waals surface area contributed by atoms with Crippen LogP contribution in [-0.2, 0) is 16.1 Å². The summed E-state index contributed by atoms with van der Waals surface area (Å²) in [5, 5.41) is 9.28. The third kappa shape index (κ3) is 6.66. The second kappa shape index (κ2) is 12.3. The van der Waals surface area contributed by atoms with Gasteiger partial charge in [-0.25, -0.2) is 9.18 Å². The largest absolute Gasteiger partial charge is 0.466 e. The number of hydrogen-bond acceptors (Lipinski definition) is 6. The number of likely N-dealkylation sites (tertiary alicyclic amines) is 1. The Morgan fingerprint density at radius 3 is 2.62 bits per heavy atom. The summed E-state index contributed by atoms with van der Waals surface area (Å²) in [5.74, 6) is -0.718. The SMILES string of the molecule is COC(=O)/C=C/c1ccc(N(Cc2cc(C#N)ccc2F)C2CCN(C(C)CCN)CC2)cc1. The Kier molecular flexibility index (Phi) is 9.20. The molecule has 2 N–H and O–H groups in total. The minimum absolute atomic E-state index is 0.239. The Bertz CT molecular complexity index is 1020. The van der Waals surface area contributed by atoms with Gasteiger partial charge in [0.05, 0.1) is 18.7 Å². The highest BCUT2D eigenvalue weighted by atomic mass is 19.1. The smallest absolute Gasteiger partial charge is 0.330 e. The van der Waals surface area contributed by atoms with Crippen LogP contribution in [0.25, 0.3) is 6.08 Å². The predicted molar refractivity (Wildman–Crippen MR) is 133 cm³/mol. The molecule has 6 nitrogen and oxygen atoms in total. The molecule has 1 heterocycles. The van der Waals surface area contributed by atoms with Gasteiger partial charge in [0.1, 0.15) is 5.82 Å². The van der Waals surface area contributed by atoms with Crippen molar-refractivity contribution in [2.45, 2.75) is 44.8 Å². The van der Waals surface area contributed by atoms with Crippen molar-refractivity contribution in [1.29, 1.82) is 5.26 Å². The topological polar surface area (TPSA) is 82.6 Å². The third-order valence-corrected chi connectivity index (χ3v) is 6.50. The second-order valence-electron chi connectivity index (χ2n) is 8.69. The van der Waals surface area contributed by atoms with Gasteiger partial charge in [0, 0.05) is 49.0 Å². The van der Waals surface area contributed by atoms with Gasteiger partial charge in [-0.1, -0.05) is 12.1 Å². The summed E-state index contributed by atoms with van der Waals surface area (Å²) >= 11 is 0. The van der Waals surface area contributed by atoms with E-state index in [2.05, 4.69) is 27.5 Å². The number of halogens is 1. The predicted octanol–water partition coefficient (Wildman–Crippen LogP) is 4.09. The van der Waals surface area contributed by atoms with Crippen molar-refractivity contribution < 1.29 is 13.9 Å². The van der Waals surface area contributed by atoms with Crippen LogP contribution in [-0.4, -0.2) is 49.7 Å². The highest BCUT2D eigenvalue weighted by Crippen LogP contribution is 2.28. The van der Waals surface area contributed by atoms with Crippen LogP contribution in [0.15, 0.2) is 48.5 Å². The number of nitriles is 1. The van der Waals surface area contributed by atoms with Crippen molar-refractivity contribution in [3.8, 4) is 6.07 Å². The molecule has 1 unspecified atom stereocenters. The fourth-order valence-corrected chi connectivity index (χ4v) is 4.45. The van der Waals surface area contributed by atoms with Crippen LogP contribution >= 0.6 is 0 Å². The molecule has 0 bridgehead atoms. The quantitative estimate of drug-likeness (QED) is 0.445. The van der Waals surface area contributed by atoms with Gasteiger partial charge in [0.15, 0.2) is 0 Å². The van der Waals surface area contributed by atoms with Gasteiger partial charge in [0.2, 0.25) is 0 Å². The average Bonchev–Trinajstić information content (AvgIpc) is 2.87. The van der Waals surface area contributed by atoms with E-state index in [0.717, 1.165) is 43.6 Å². The minimum Gasteiger partial charge on any atom is -0.466 e. The maximum Gasteiger partial charge on any atom is 0.330 e. The van der Waals surface area contributed by atoms with Crippen molar-refractivity contribution >= 4 is 17.7 Å². The molecule has 1 aliphatic rings. The van der Waals surface area contributed by atoms with Crippen LogP contribution in [0.1, 0.15) is 42.9 Å². The van der Waals surface area contributed by atoms with E-state index in [0.29, 0.717) is 30.3 Å². The van der Waals surface area contributed by atoms with Gasteiger partial charge >= 0.3 is 5.97 Å². The molecule has 7 heteroatoms. The number of rotatable bonds is 9. The molecule has 1 aliphatic heterocycles. The summed E-state index contributed by atoms with van der Waals surface area (Å²) in [6, 6.07) is 15.1. The lowest BCUT2D eigenvalue weighted by molar-refractivity contribution is -0.134. The van der Waals surface area contributed by atoms with Crippen LogP contribution in [0.3, 0.4) is 0 Å². The first-order valence-electron chi connectivity index (χ1n) is 11.7. The second-order valence-corrected chi connectivity index (χ2v) is 8.69. The number of ether oxygens (including phenoxy) is 1. The maximum absolute atomic E-state index is 14.7. The number of esters is 1. The van der Waals surface area contributed by atoms with E-state index in [1.807, 2.05) is 24.3 Å². The molecular formula is C27H33FN4O2. The summed E-state index contributed by atoms with van der Waals surface area (Å²) in [5.41, 5.74) is 8.55. The number of carbonyl (C=O) groups is 1. The Balaban J connectivity index is 1.83. The summed E-state index contributed by atoms with van der Waals surface area (Å²) in [6.45, 7) is 5.19. The molecule has 0 spiro atoms. The number of hydrogen-bond donors (Lipinski definition) is 1. The van der Waals surface area contributed by atoms with Crippen LogP contribution in [0.2, 0.25) is 0 Å². The molecule has 0 saturated carbocycles.